The maximum atomic E-state index is 6.47. The molecule has 3 nitrogen and oxygen atoms in total. The zero-order valence-corrected chi connectivity index (χ0v) is 14.9. The van der Waals surface area contributed by atoms with Crippen LogP contribution in [0.1, 0.15) is 66.7 Å². The summed E-state index contributed by atoms with van der Waals surface area (Å²) < 4.78 is 12.0. The van der Waals surface area contributed by atoms with Crippen LogP contribution in [0.5, 0.6) is 0 Å². The van der Waals surface area contributed by atoms with E-state index in [0.29, 0.717) is 6.61 Å². The lowest BCUT2D eigenvalue weighted by Crippen LogP contribution is -2.48. The summed E-state index contributed by atoms with van der Waals surface area (Å²) in [5, 5.41) is 3.59. The van der Waals surface area contributed by atoms with E-state index in [9.17, 15) is 0 Å². The van der Waals surface area contributed by atoms with Crippen molar-refractivity contribution in [2.24, 2.45) is 11.8 Å². The van der Waals surface area contributed by atoms with E-state index in [2.05, 4.69) is 33.0 Å². The van der Waals surface area contributed by atoms with Gasteiger partial charge in [0.05, 0.1) is 18.3 Å². The van der Waals surface area contributed by atoms with Crippen LogP contribution >= 0.6 is 0 Å². The second kappa shape index (κ2) is 9.81. The fourth-order valence-electron chi connectivity index (χ4n) is 3.41. The molecule has 21 heavy (non-hydrogen) atoms. The lowest BCUT2D eigenvalue weighted by molar-refractivity contribution is -0.132. The number of ether oxygens (including phenoxy) is 2. The molecule has 126 valence electrons. The van der Waals surface area contributed by atoms with Crippen LogP contribution in [0.25, 0.3) is 0 Å². The Labute approximate surface area is 132 Å². The van der Waals surface area contributed by atoms with Crippen molar-refractivity contribution < 1.29 is 9.47 Å². The van der Waals surface area contributed by atoms with Crippen molar-refractivity contribution in [3.8, 4) is 0 Å². The third-order valence-corrected chi connectivity index (χ3v) is 4.77. The first-order valence-corrected chi connectivity index (χ1v) is 8.99. The van der Waals surface area contributed by atoms with Crippen LogP contribution < -0.4 is 5.32 Å². The van der Waals surface area contributed by atoms with E-state index >= 15 is 0 Å². The van der Waals surface area contributed by atoms with E-state index in [1.807, 2.05) is 6.92 Å². The van der Waals surface area contributed by atoms with Crippen molar-refractivity contribution in [1.82, 2.24) is 5.32 Å². The first-order chi connectivity index (χ1) is 10.0. The average Bonchev–Trinajstić information content (AvgIpc) is 2.46. The molecule has 1 unspecified atom stereocenters. The highest BCUT2D eigenvalue weighted by atomic mass is 16.5. The van der Waals surface area contributed by atoms with Crippen LogP contribution in [0, 0.1) is 11.8 Å². The Bertz CT molecular complexity index is 260. The van der Waals surface area contributed by atoms with Gasteiger partial charge >= 0.3 is 0 Å². The third kappa shape index (κ3) is 6.66. The molecule has 1 aliphatic carbocycles. The smallest absolute Gasteiger partial charge is 0.0811 e. The van der Waals surface area contributed by atoms with Gasteiger partial charge in [0.15, 0.2) is 0 Å². The highest BCUT2D eigenvalue weighted by molar-refractivity contribution is 4.90. The molecule has 0 spiro atoms. The molecule has 1 rings (SSSR count). The molecule has 1 atom stereocenters. The maximum absolute atomic E-state index is 6.47. The Morgan fingerprint density at radius 1 is 1.14 bits per heavy atom. The van der Waals surface area contributed by atoms with Gasteiger partial charge in [-0.3, -0.25) is 0 Å². The zero-order valence-electron chi connectivity index (χ0n) is 14.9. The standard InChI is InChI=1S/C18H37NO2/c1-6-12-19-14-18(21-16(5)13-20-7-2)10-8-17(9-11-18)15(3)4/h15-17,19H,6-14H2,1-5H3. The van der Waals surface area contributed by atoms with E-state index in [1.165, 1.54) is 32.1 Å². The van der Waals surface area contributed by atoms with Crippen LogP contribution in [0.4, 0.5) is 0 Å². The molecule has 0 bridgehead atoms. The number of hydrogen-bond acceptors (Lipinski definition) is 3. The monoisotopic (exact) mass is 299 g/mol. The van der Waals surface area contributed by atoms with E-state index < -0.39 is 0 Å². The fourth-order valence-corrected chi connectivity index (χ4v) is 3.41. The fraction of sp³-hybridized carbons (Fsp3) is 1.00. The Balaban J connectivity index is 2.55. The quantitative estimate of drug-likeness (QED) is 0.618. The molecule has 0 aliphatic heterocycles. The van der Waals surface area contributed by atoms with Gasteiger partial charge in [-0.2, -0.15) is 0 Å². The van der Waals surface area contributed by atoms with Gasteiger partial charge in [-0.25, -0.2) is 0 Å². The summed E-state index contributed by atoms with van der Waals surface area (Å²) >= 11 is 0. The van der Waals surface area contributed by atoms with Crippen LogP contribution in [-0.4, -0.2) is 38.0 Å². The molecule has 1 aliphatic rings. The van der Waals surface area contributed by atoms with Crippen LogP contribution in [0.2, 0.25) is 0 Å². The number of rotatable bonds is 10. The minimum Gasteiger partial charge on any atom is -0.379 e. The first-order valence-electron chi connectivity index (χ1n) is 8.99. The Hall–Kier alpha value is -0.120. The van der Waals surface area contributed by atoms with E-state index in [0.717, 1.165) is 31.5 Å². The molecule has 1 N–H and O–H groups in total. The van der Waals surface area contributed by atoms with Crippen molar-refractivity contribution in [3.05, 3.63) is 0 Å². The predicted molar refractivity (Wildman–Crippen MR) is 89.7 cm³/mol. The Morgan fingerprint density at radius 3 is 2.33 bits per heavy atom. The maximum Gasteiger partial charge on any atom is 0.0811 e. The normalized spacial score (nSPS) is 28.0. The van der Waals surface area contributed by atoms with Gasteiger partial charge in [-0.15, -0.1) is 0 Å². The molecule has 1 saturated carbocycles. The molecule has 0 amide bonds. The molecule has 0 radical (unpaired) electrons. The second-order valence-electron chi connectivity index (χ2n) is 7.03. The highest BCUT2D eigenvalue weighted by Crippen LogP contribution is 2.38. The molecule has 1 fully saturated rings. The van der Waals surface area contributed by atoms with Crippen molar-refractivity contribution in [1.29, 1.82) is 0 Å². The summed E-state index contributed by atoms with van der Waals surface area (Å²) in [6.45, 7) is 14.7. The SMILES string of the molecule is CCCNCC1(OC(C)COCC)CCC(C(C)C)CC1. The topological polar surface area (TPSA) is 30.5 Å². The third-order valence-electron chi connectivity index (χ3n) is 4.77. The zero-order chi connectivity index (χ0) is 15.7. The van der Waals surface area contributed by atoms with Crippen LogP contribution in [-0.2, 0) is 9.47 Å². The summed E-state index contributed by atoms with van der Waals surface area (Å²) in [5.41, 5.74) is 0.0249. The van der Waals surface area contributed by atoms with Crippen molar-refractivity contribution >= 4 is 0 Å². The minimum absolute atomic E-state index is 0.0249. The minimum atomic E-state index is 0.0249. The van der Waals surface area contributed by atoms with E-state index in [-0.39, 0.29) is 11.7 Å². The van der Waals surface area contributed by atoms with E-state index in [4.69, 9.17) is 9.47 Å². The molecule has 0 aromatic carbocycles. The van der Waals surface area contributed by atoms with Gasteiger partial charge in [-0.1, -0.05) is 20.8 Å². The number of nitrogens with one attached hydrogen (secondary N) is 1. The van der Waals surface area contributed by atoms with Crippen molar-refractivity contribution in [2.75, 3.05) is 26.3 Å². The lowest BCUT2D eigenvalue weighted by Gasteiger charge is -2.43. The van der Waals surface area contributed by atoms with Gasteiger partial charge in [0.2, 0.25) is 0 Å². The average molecular weight is 299 g/mol. The van der Waals surface area contributed by atoms with Gasteiger partial charge in [-0.05, 0) is 64.3 Å². The van der Waals surface area contributed by atoms with Gasteiger partial charge in [0.25, 0.3) is 0 Å². The summed E-state index contributed by atoms with van der Waals surface area (Å²) in [5.74, 6) is 1.67. The molecule has 3 heteroatoms. The summed E-state index contributed by atoms with van der Waals surface area (Å²) in [6.07, 6.45) is 6.33. The van der Waals surface area contributed by atoms with Crippen LogP contribution in [0.15, 0.2) is 0 Å². The number of hydrogen-bond donors (Lipinski definition) is 1. The molecule has 0 aromatic rings. The van der Waals surface area contributed by atoms with E-state index in [1.54, 1.807) is 0 Å². The van der Waals surface area contributed by atoms with Gasteiger partial charge < -0.3 is 14.8 Å². The molecular weight excluding hydrogens is 262 g/mol. The molecular formula is C18H37NO2. The molecule has 0 heterocycles. The Kier molecular flexibility index (Phi) is 8.84. The second-order valence-corrected chi connectivity index (χ2v) is 7.03. The first kappa shape index (κ1) is 18.9. The van der Waals surface area contributed by atoms with Crippen LogP contribution in [0.3, 0.4) is 0 Å². The van der Waals surface area contributed by atoms with Crippen molar-refractivity contribution in [3.63, 3.8) is 0 Å². The summed E-state index contributed by atoms with van der Waals surface area (Å²) in [7, 11) is 0. The van der Waals surface area contributed by atoms with Gasteiger partial charge in [0.1, 0.15) is 0 Å². The highest BCUT2D eigenvalue weighted by Gasteiger charge is 2.37. The molecule has 0 aromatic heterocycles. The van der Waals surface area contributed by atoms with Crippen molar-refractivity contribution in [2.45, 2.75) is 78.4 Å². The summed E-state index contributed by atoms with van der Waals surface area (Å²) in [4.78, 5) is 0. The lowest BCUT2D eigenvalue weighted by atomic mass is 9.74. The molecule has 0 saturated heterocycles. The van der Waals surface area contributed by atoms with Gasteiger partial charge in [0, 0.05) is 13.2 Å². The summed E-state index contributed by atoms with van der Waals surface area (Å²) in [6, 6.07) is 0. The largest absolute Gasteiger partial charge is 0.379 e. The predicted octanol–water partition coefficient (Wildman–Crippen LogP) is 4.01. The Morgan fingerprint density at radius 2 is 1.81 bits per heavy atom.